The van der Waals surface area contributed by atoms with Gasteiger partial charge in [0.2, 0.25) is 11.8 Å². The summed E-state index contributed by atoms with van der Waals surface area (Å²) >= 11 is 0. The predicted molar refractivity (Wildman–Crippen MR) is 82.1 cm³/mol. The molecule has 8 heteroatoms. The third-order valence-electron chi connectivity index (χ3n) is 4.59. The summed E-state index contributed by atoms with van der Waals surface area (Å²) in [7, 11) is -1.40. The molecule has 23 heavy (non-hydrogen) atoms. The second-order valence-corrected chi connectivity index (χ2v) is 8.49. The number of sulfone groups is 1. The highest BCUT2D eigenvalue weighted by Gasteiger charge is 2.39. The van der Waals surface area contributed by atoms with Gasteiger partial charge < -0.3 is 14.2 Å². The molecule has 1 aromatic heterocycles. The van der Waals surface area contributed by atoms with Crippen molar-refractivity contribution in [2.75, 3.05) is 25.1 Å². The SMILES string of the molecule is CN(C(=O)C1CC(=O)N(Cc2ccco2)C1)C1CCS(=O)(=O)C1. The topological polar surface area (TPSA) is 87.9 Å². The summed E-state index contributed by atoms with van der Waals surface area (Å²) < 4.78 is 28.4. The molecule has 7 nitrogen and oxygen atoms in total. The number of hydrogen-bond acceptors (Lipinski definition) is 5. The van der Waals surface area contributed by atoms with Crippen LogP contribution in [0.2, 0.25) is 0 Å². The smallest absolute Gasteiger partial charge is 0.228 e. The summed E-state index contributed by atoms with van der Waals surface area (Å²) in [6.07, 6.45) is 2.19. The van der Waals surface area contributed by atoms with Crippen molar-refractivity contribution in [2.24, 2.45) is 5.92 Å². The molecule has 2 aliphatic rings. The van der Waals surface area contributed by atoms with Gasteiger partial charge in [-0.1, -0.05) is 0 Å². The molecule has 0 N–H and O–H groups in total. The molecule has 0 spiro atoms. The molecule has 2 saturated heterocycles. The van der Waals surface area contributed by atoms with Crippen LogP contribution < -0.4 is 0 Å². The Labute approximate surface area is 135 Å². The van der Waals surface area contributed by atoms with Gasteiger partial charge in [0.05, 0.1) is 30.2 Å². The summed E-state index contributed by atoms with van der Waals surface area (Å²) in [6.45, 7) is 0.708. The number of hydrogen-bond donors (Lipinski definition) is 0. The van der Waals surface area contributed by atoms with Gasteiger partial charge in [-0.15, -0.1) is 0 Å². The van der Waals surface area contributed by atoms with E-state index in [1.165, 1.54) is 4.90 Å². The van der Waals surface area contributed by atoms with E-state index in [2.05, 4.69) is 0 Å². The van der Waals surface area contributed by atoms with Crippen LogP contribution in [0.3, 0.4) is 0 Å². The highest BCUT2D eigenvalue weighted by molar-refractivity contribution is 7.91. The van der Waals surface area contributed by atoms with Gasteiger partial charge in [-0.05, 0) is 18.6 Å². The molecule has 2 aliphatic heterocycles. The molecular formula is C15H20N2O5S. The molecule has 0 radical (unpaired) electrons. The maximum atomic E-state index is 12.6. The monoisotopic (exact) mass is 340 g/mol. The first-order valence-corrected chi connectivity index (χ1v) is 9.45. The molecule has 2 fully saturated rings. The van der Waals surface area contributed by atoms with Gasteiger partial charge in [0.25, 0.3) is 0 Å². The van der Waals surface area contributed by atoms with Crippen LogP contribution in [-0.2, 0) is 26.0 Å². The van der Waals surface area contributed by atoms with E-state index in [9.17, 15) is 18.0 Å². The number of amides is 2. The van der Waals surface area contributed by atoms with E-state index in [-0.39, 0.29) is 35.8 Å². The first-order valence-electron chi connectivity index (χ1n) is 7.63. The van der Waals surface area contributed by atoms with Gasteiger partial charge in [-0.3, -0.25) is 9.59 Å². The van der Waals surface area contributed by atoms with Crippen LogP contribution in [0.5, 0.6) is 0 Å². The zero-order valence-electron chi connectivity index (χ0n) is 13.0. The maximum absolute atomic E-state index is 12.6. The molecular weight excluding hydrogens is 320 g/mol. The van der Waals surface area contributed by atoms with Gasteiger partial charge in [0.1, 0.15) is 5.76 Å². The molecule has 1 aromatic rings. The summed E-state index contributed by atoms with van der Waals surface area (Å²) in [5, 5.41) is 0. The minimum absolute atomic E-state index is 0.0199. The lowest BCUT2D eigenvalue weighted by Crippen LogP contribution is -2.42. The number of furan rings is 1. The van der Waals surface area contributed by atoms with E-state index in [0.717, 1.165) is 0 Å². The standard InChI is InChI=1S/C15H20N2O5S/c1-16(12-4-6-23(20,21)10-12)15(19)11-7-14(18)17(8-11)9-13-3-2-5-22-13/h2-3,5,11-12H,4,6-10H2,1H3. The Hall–Kier alpha value is -1.83. The van der Waals surface area contributed by atoms with Crippen molar-refractivity contribution in [1.29, 1.82) is 0 Å². The van der Waals surface area contributed by atoms with E-state index in [1.54, 1.807) is 30.3 Å². The van der Waals surface area contributed by atoms with Crippen LogP contribution in [0.15, 0.2) is 22.8 Å². The fraction of sp³-hybridized carbons (Fsp3) is 0.600. The van der Waals surface area contributed by atoms with Gasteiger partial charge in [-0.2, -0.15) is 0 Å². The van der Waals surface area contributed by atoms with Gasteiger partial charge in [0.15, 0.2) is 9.84 Å². The van der Waals surface area contributed by atoms with Crippen molar-refractivity contribution in [3.63, 3.8) is 0 Å². The van der Waals surface area contributed by atoms with Crippen molar-refractivity contribution < 1.29 is 22.4 Å². The summed E-state index contributed by atoms with van der Waals surface area (Å²) in [5.74, 6) is 0.192. The summed E-state index contributed by atoms with van der Waals surface area (Å²) in [4.78, 5) is 27.8. The van der Waals surface area contributed by atoms with E-state index in [0.29, 0.717) is 25.3 Å². The predicted octanol–water partition coefficient (Wildman–Crippen LogP) is 0.274. The van der Waals surface area contributed by atoms with Crippen LogP contribution >= 0.6 is 0 Å². The van der Waals surface area contributed by atoms with Crippen molar-refractivity contribution >= 4 is 21.7 Å². The Balaban J connectivity index is 1.61. The summed E-state index contributed by atoms with van der Waals surface area (Å²) in [5.41, 5.74) is 0. The van der Waals surface area contributed by atoms with Crippen LogP contribution in [0.1, 0.15) is 18.6 Å². The lowest BCUT2D eigenvalue weighted by molar-refractivity contribution is -0.136. The third-order valence-corrected chi connectivity index (χ3v) is 6.34. The lowest BCUT2D eigenvalue weighted by Gasteiger charge is -2.26. The van der Waals surface area contributed by atoms with Crippen molar-refractivity contribution in [2.45, 2.75) is 25.4 Å². The van der Waals surface area contributed by atoms with Crippen LogP contribution in [-0.4, -0.2) is 61.2 Å². The van der Waals surface area contributed by atoms with E-state index in [1.807, 2.05) is 0 Å². The number of likely N-dealkylation sites (tertiary alicyclic amines) is 1. The minimum Gasteiger partial charge on any atom is -0.467 e. The summed E-state index contributed by atoms with van der Waals surface area (Å²) in [6, 6.07) is 3.27. The fourth-order valence-corrected chi connectivity index (χ4v) is 5.00. The average Bonchev–Trinajstić information content (AvgIpc) is 3.20. The molecule has 2 unspecified atom stereocenters. The van der Waals surface area contributed by atoms with Gasteiger partial charge >= 0.3 is 0 Å². The first-order chi connectivity index (χ1) is 10.9. The largest absolute Gasteiger partial charge is 0.467 e. The molecule has 0 bridgehead atoms. The average molecular weight is 340 g/mol. The Morgan fingerprint density at radius 3 is 2.87 bits per heavy atom. The van der Waals surface area contributed by atoms with Crippen molar-refractivity contribution in [1.82, 2.24) is 9.80 Å². The van der Waals surface area contributed by atoms with Crippen molar-refractivity contribution in [3.8, 4) is 0 Å². The van der Waals surface area contributed by atoms with Gasteiger partial charge in [-0.25, -0.2) is 8.42 Å². The van der Waals surface area contributed by atoms with Crippen molar-refractivity contribution in [3.05, 3.63) is 24.2 Å². The van der Waals surface area contributed by atoms with E-state index in [4.69, 9.17) is 4.42 Å². The fourth-order valence-electron chi connectivity index (χ4n) is 3.23. The zero-order chi connectivity index (χ0) is 16.6. The first kappa shape index (κ1) is 16.0. The lowest BCUT2D eigenvalue weighted by atomic mass is 10.1. The van der Waals surface area contributed by atoms with Crippen LogP contribution in [0, 0.1) is 5.92 Å². The number of rotatable bonds is 4. The Morgan fingerprint density at radius 1 is 1.48 bits per heavy atom. The normalized spacial score (nSPS) is 26.7. The molecule has 0 aromatic carbocycles. The molecule has 126 valence electrons. The number of carbonyl (C=O) groups is 2. The molecule has 2 amide bonds. The zero-order valence-corrected chi connectivity index (χ0v) is 13.8. The highest BCUT2D eigenvalue weighted by Crippen LogP contribution is 2.25. The van der Waals surface area contributed by atoms with Crippen LogP contribution in [0.25, 0.3) is 0 Å². The maximum Gasteiger partial charge on any atom is 0.228 e. The molecule has 2 atom stereocenters. The van der Waals surface area contributed by atoms with Gasteiger partial charge in [0, 0.05) is 26.1 Å². The quantitative estimate of drug-likeness (QED) is 0.785. The molecule has 3 heterocycles. The second-order valence-electron chi connectivity index (χ2n) is 6.26. The molecule has 0 saturated carbocycles. The Bertz CT molecular complexity index is 697. The second kappa shape index (κ2) is 5.99. The van der Waals surface area contributed by atoms with Crippen LogP contribution in [0.4, 0.5) is 0 Å². The third kappa shape index (κ3) is 3.41. The minimum atomic E-state index is -3.04. The molecule has 0 aliphatic carbocycles. The van der Waals surface area contributed by atoms with E-state index >= 15 is 0 Å². The highest BCUT2D eigenvalue weighted by atomic mass is 32.2. The molecule has 3 rings (SSSR count). The number of carbonyl (C=O) groups excluding carboxylic acids is 2. The Morgan fingerprint density at radius 2 is 2.26 bits per heavy atom. The number of nitrogens with zero attached hydrogens (tertiary/aromatic N) is 2. The van der Waals surface area contributed by atoms with E-state index < -0.39 is 15.8 Å². The Kier molecular flexibility index (Phi) is 4.18.